The molecule has 0 aliphatic heterocycles. The highest BCUT2D eigenvalue weighted by Crippen LogP contribution is 2.17. The van der Waals surface area contributed by atoms with Crippen molar-refractivity contribution < 1.29 is 10.0 Å². The summed E-state index contributed by atoms with van der Waals surface area (Å²) in [4.78, 5) is 5.08. The summed E-state index contributed by atoms with van der Waals surface area (Å²) < 4.78 is 0. The number of hydroxylamine groups is 2. The molecule has 0 aromatic rings. The van der Waals surface area contributed by atoms with Crippen LogP contribution in [0.15, 0.2) is 0 Å². The molecule has 1 radical (unpaired) electrons. The van der Waals surface area contributed by atoms with Gasteiger partial charge in [0.2, 0.25) is 0 Å². The van der Waals surface area contributed by atoms with Gasteiger partial charge in [0.15, 0.2) is 0 Å². The van der Waals surface area contributed by atoms with Gasteiger partial charge in [0.25, 0.3) is 0 Å². The van der Waals surface area contributed by atoms with Crippen LogP contribution in [0.2, 0.25) is 0 Å². The van der Waals surface area contributed by atoms with E-state index in [1.54, 1.807) is 0 Å². The highest BCUT2D eigenvalue weighted by molar-refractivity contribution is 4.65. The van der Waals surface area contributed by atoms with Crippen molar-refractivity contribution in [3.05, 3.63) is 0 Å². The fourth-order valence-corrected chi connectivity index (χ4v) is 0.386. The van der Waals surface area contributed by atoms with E-state index < -0.39 is 11.1 Å². The van der Waals surface area contributed by atoms with Crippen molar-refractivity contribution >= 4 is 0 Å². The molecule has 0 saturated heterocycles. The third-order valence-electron chi connectivity index (χ3n) is 0.904. The van der Waals surface area contributed by atoms with E-state index >= 15 is 0 Å². The maximum absolute atomic E-state index is 11.2. The van der Waals surface area contributed by atoms with Crippen molar-refractivity contribution in [2.75, 3.05) is 0 Å². The lowest BCUT2D eigenvalue weighted by Crippen LogP contribution is -2.42. The fourth-order valence-electron chi connectivity index (χ4n) is 0.386. The Morgan fingerprint density at radius 1 is 1.00 bits per heavy atom. The molecule has 0 N–H and O–H groups in total. The van der Waals surface area contributed by atoms with E-state index in [2.05, 4.69) is 0 Å². The Labute approximate surface area is 68.9 Å². The van der Waals surface area contributed by atoms with Crippen LogP contribution in [0.1, 0.15) is 41.5 Å². The molecule has 0 aromatic carbocycles. The van der Waals surface area contributed by atoms with Crippen molar-refractivity contribution in [2.24, 2.45) is 0 Å². The zero-order valence-electron chi connectivity index (χ0n) is 8.26. The molecule has 0 aliphatic rings. The molecule has 0 atom stereocenters. The third kappa shape index (κ3) is 5.18. The Hall–Kier alpha value is -0.120. The molecule has 0 aliphatic carbocycles. The zero-order valence-corrected chi connectivity index (χ0v) is 8.26. The van der Waals surface area contributed by atoms with Gasteiger partial charge in [-0.05, 0) is 46.8 Å². The Morgan fingerprint density at radius 2 is 1.36 bits per heavy atom. The highest BCUT2D eigenvalue weighted by atomic mass is 16.9. The topological polar surface area (TPSA) is 32.4 Å². The molecule has 0 fully saturated rings. The lowest BCUT2D eigenvalue weighted by molar-refractivity contribution is -0.444. The first-order valence-electron chi connectivity index (χ1n) is 3.79. The molecule has 0 unspecified atom stereocenters. The fraction of sp³-hybridized carbons (Fsp3) is 1.00. The lowest BCUT2D eigenvalue weighted by atomic mass is 10.1. The molecular weight excluding hydrogens is 142 g/mol. The van der Waals surface area contributed by atoms with E-state index in [0.29, 0.717) is 5.23 Å². The standard InChI is InChI=1S/C8H18NO2/c1-7(2,3)9(10)11-8(4,5)6/h1-6H3. The summed E-state index contributed by atoms with van der Waals surface area (Å²) >= 11 is 0. The third-order valence-corrected chi connectivity index (χ3v) is 0.904. The van der Waals surface area contributed by atoms with E-state index in [9.17, 15) is 5.21 Å². The summed E-state index contributed by atoms with van der Waals surface area (Å²) in [5.41, 5.74) is -0.887. The number of hydrogen-bond acceptors (Lipinski definition) is 2. The van der Waals surface area contributed by atoms with Crippen LogP contribution in [0, 0.1) is 0 Å². The van der Waals surface area contributed by atoms with Crippen molar-refractivity contribution in [1.29, 1.82) is 0 Å². The minimum absolute atomic E-state index is 0.408. The van der Waals surface area contributed by atoms with Crippen molar-refractivity contribution in [1.82, 2.24) is 5.23 Å². The van der Waals surface area contributed by atoms with E-state index in [1.807, 2.05) is 41.5 Å². The second-order valence-corrected chi connectivity index (χ2v) is 4.63. The van der Waals surface area contributed by atoms with Gasteiger partial charge in [-0.25, -0.2) is 0 Å². The lowest BCUT2D eigenvalue weighted by Gasteiger charge is -2.31. The number of nitrogens with zero attached hydrogens (tertiary/aromatic N) is 1. The van der Waals surface area contributed by atoms with Gasteiger partial charge < -0.3 is 0 Å². The first-order chi connectivity index (χ1) is 4.63. The summed E-state index contributed by atoms with van der Waals surface area (Å²) in [5.74, 6) is 0. The Balaban J connectivity index is 3.99. The van der Waals surface area contributed by atoms with E-state index in [-0.39, 0.29) is 0 Å². The molecular formula is C8H18NO2. The smallest absolute Gasteiger partial charge is 0.0843 e. The van der Waals surface area contributed by atoms with Gasteiger partial charge in [0.1, 0.15) is 0 Å². The van der Waals surface area contributed by atoms with E-state index in [0.717, 1.165) is 0 Å². The molecule has 3 heteroatoms. The Kier molecular flexibility index (Phi) is 3.06. The molecule has 0 aromatic heterocycles. The van der Waals surface area contributed by atoms with Gasteiger partial charge >= 0.3 is 0 Å². The van der Waals surface area contributed by atoms with E-state index in [4.69, 9.17) is 4.84 Å². The SMILES string of the molecule is CC(C)(C)ON([O])C(C)(C)C. The van der Waals surface area contributed by atoms with Gasteiger partial charge in [-0.2, -0.15) is 0 Å². The highest BCUT2D eigenvalue weighted by Gasteiger charge is 2.26. The molecule has 0 bridgehead atoms. The first kappa shape index (κ1) is 10.9. The van der Waals surface area contributed by atoms with Crippen LogP contribution < -0.4 is 0 Å². The molecule has 0 heterocycles. The van der Waals surface area contributed by atoms with Crippen LogP contribution in [0.4, 0.5) is 0 Å². The van der Waals surface area contributed by atoms with Gasteiger partial charge in [0.05, 0.1) is 11.1 Å². The molecule has 3 nitrogen and oxygen atoms in total. The minimum Gasteiger partial charge on any atom is -0.266 e. The average molecular weight is 160 g/mol. The normalized spacial score (nSPS) is 14.2. The van der Waals surface area contributed by atoms with Crippen molar-refractivity contribution in [3.8, 4) is 0 Å². The summed E-state index contributed by atoms with van der Waals surface area (Å²) in [7, 11) is 0. The first-order valence-corrected chi connectivity index (χ1v) is 3.79. The van der Waals surface area contributed by atoms with Crippen LogP contribution in [0.25, 0.3) is 0 Å². The zero-order chi connectivity index (χ0) is 9.28. The van der Waals surface area contributed by atoms with Crippen LogP contribution >= 0.6 is 0 Å². The van der Waals surface area contributed by atoms with Crippen molar-refractivity contribution in [2.45, 2.75) is 52.7 Å². The molecule has 0 rings (SSSR count). The van der Waals surface area contributed by atoms with Crippen LogP contribution in [-0.2, 0) is 10.0 Å². The average Bonchev–Trinajstić information content (AvgIpc) is 1.56. The summed E-state index contributed by atoms with van der Waals surface area (Å²) in [6.45, 7) is 11.0. The second kappa shape index (κ2) is 3.09. The molecule has 67 valence electrons. The summed E-state index contributed by atoms with van der Waals surface area (Å²) in [6.07, 6.45) is 0. The van der Waals surface area contributed by atoms with Gasteiger partial charge in [-0.1, -0.05) is 5.21 Å². The molecule has 0 saturated carbocycles. The van der Waals surface area contributed by atoms with Crippen LogP contribution in [-0.4, -0.2) is 16.4 Å². The largest absolute Gasteiger partial charge is 0.266 e. The Morgan fingerprint density at radius 3 is 1.45 bits per heavy atom. The van der Waals surface area contributed by atoms with Gasteiger partial charge in [-0.3, -0.25) is 4.84 Å². The molecule has 0 amide bonds. The number of hydrogen-bond donors (Lipinski definition) is 0. The van der Waals surface area contributed by atoms with Crippen LogP contribution in [0.3, 0.4) is 0 Å². The number of rotatable bonds is 1. The predicted octanol–water partition coefficient (Wildman–Crippen LogP) is 2.16. The maximum atomic E-state index is 11.2. The van der Waals surface area contributed by atoms with Gasteiger partial charge in [0, 0.05) is 0 Å². The molecule has 0 spiro atoms. The predicted molar refractivity (Wildman–Crippen MR) is 43.1 cm³/mol. The van der Waals surface area contributed by atoms with Crippen molar-refractivity contribution in [3.63, 3.8) is 0 Å². The minimum atomic E-state index is -0.479. The Bertz CT molecular complexity index is 121. The maximum Gasteiger partial charge on any atom is 0.0843 e. The quantitative estimate of drug-likeness (QED) is 0.550. The van der Waals surface area contributed by atoms with Crippen LogP contribution in [0.5, 0.6) is 0 Å². The summed E-state index contributed by atoms with van der Waals surface area (Å²) in [5, 5.41) is 11.8. The van der Waals surface area contributed by atoms with E-state index in [1.165, 1.54) is 0 Å². The van der Waals surface area contributed by atoms with Gasteiger partial charge in [-0.15, -0.1) is 0 Å². The summed E-state index contributed by atoms with van der Waals surface area (Å²) in [6, 6.07) is 0. The second-order valence-electron chi connectivity index (χ2n) is 4.63. The molecule has 11 heavy (non-hydrogen) atoms. The monoisotopic (exact) mass is 160 g/mol.